The molecule has 2 heterocycles. The second-order valence-electron chi connectivity index (χ2n) is 5.00. The lowest BCUT2D eigenvalue weighted by Gasteiger charge is -2.24. The van der Waals surface area contributed by atoms with Gasteiger partial charge in [-0.15, -0.1) is 0 Å². The van der Waals surface area contributed by atoms with Crippen LogP contribution in [0.2, 0.25) is 0 Å². The van der Waals surface area contributed by atoms with Crippen molar-refractivity contribution in [2.24, 2.45) is 0 Å². The standard InChI is InChI=1S/C16H19NO2/c1-11-9-13(10-19-11)15(17-2)14-7-3-5-12-6-4-8-18-16(12)14/h3,5,7,9-10,15,17H,4,6,8H2,1-2H3. The van der Waals surface area contributed by atoms with Gasteiger partial charge in [-0.3, -0.25) is 0 Å². The number of ether oxygens (including phenoxy) is 1. The highest BCUT2D eigenvalue weighted by atomic mass is 16.5. The van der Waals surface area contributed by atoms with Crippen molar-refractivity contribution in [2.75, 3.05) is 13.7 Å². The molecule has 0 radical (unpaired) electrons. The summed E-state index contributed by atoms with van der Waals surface area (Å²) >= 11 is 0. The third kappa shape index (κ3) is 2.26. The van der Waals surface area contributed by atoms with Crippen LogP contribution >= 0.6 is 0 Å². The Hall–Kier alpha value is -1.74. The number of benzene rings is 1. The first-order valence-corrected chi connectivity index (χ1v) is 6.76. The molecule has 0 aliphatic carbocycles. The molecule has 3 nitrogen and oxygen atoms in total. The molecule has 0 fully saturated rings. The van der Waals surface area contributed by atoms with Crippen molar-refractivity contribution in [3.05, 3.63) is 53.0 Å². The smallest absolute Gasteiger partial charge is 0.127 e. The maximum Gasteiger partial charge on any atom is 0.127 e. The molecule has 1 unspecified atom stereocenters. The Morgan fingerprint density at radius 2 is 2.21 bits per heavy atom. The van der Waals surface area contributed by atoms with Gasteiger partial charge < -0.3 is 14.5 Å². The summed E-state index contributed by atoms with van der Waals surface area (Å²) in [6.45, 7) is 2.78. The topological polar surface area (TPSA) is 34.4 Å². The van der Waals surface area contributed by atoms with E-state index in [1.54, 1.807) is 0 Å². The van der Waals surface area contributed by atoms with Crippen LogP contribution in [0, 0.1) is 6.92 Å². The molecule has 19 heavy (non-hydrogen) atoms. The molecule has 1 atom stereocenters. The molecule has 0 spiro atoms. The van der Waals surface area contributed by atoms with Crippen molar-refractivity contribution >= 4 is 0 Å². The van der Waals surface area contributed by atoms with E-state index in [9.17, 15) is 0 Å². The van der Waals surface area contributed by atoms with E-state index in [-0.39, 0.29) is 6.04 Å². The summed E-state index contributed by atoms with van der Waals surface area (Å²) in [4.78, 5) is 0. The average molecular weight is 257 g/mol. The maximum absolute atomic E-state index is 5.90. The number of hydrogen-bond donors (Lipinski definition) is 1. The van der Waals surface area contributed by atoms with E-state index in [1.807, 2.05) is 20.2 Å². The van der Waals surface area contributed by atoms with Gasteiger partial charge in [0.15, 0.2) is 0 Å². The lowest BCUT2D eigenvalue weighted by molar-refractivity contribution is 0.283. The van der Waals surface area contributed by atoms with Crippen molar-refractivity contribution in [3.8, 4) is 5.75 Å². The first kappa shape index (κ1) is 12.3. The van der Waals surface area contributed by atoms with Gasteiger partial charge in [0, 0.05) is 11.1 Å². The van der Waals surface area contributed by atoms with Crippen LogP contribution in [0.5, 0.6) is 5.75 Å². The second-order valence-corrected chi connectivity index (χ2v) is 5.00. The van der Waals surface area contributed by atoms with Crippen LogP contribution in [-0.2, 0) is 6.42 Å². The summed E-state index contributed by atoms with van der Waals surface area (Å²) in [7, 11) is 1.97. The van der Waals surface area contributed by atoms with Gasteiger partial charge in [0.2, 0.25) is 0 Å². The molecule has 0 amide bonds. The maximum atomic E-state index is 5.90. The van der Waals surface area contributed by atoms with Crippen molar-refractivity contribution in [2.45, 2.75) is 25.8 Å². The highest BCUT2D eigenvalue weighted by Gasteiger charge is 2.22. The van der Waals surface area contributed by atoms with E-state index in [4.69, 9.17) is 9.15 Å². The quantitative estimate of drug-likeness (QED) is 0.916. The van der Waals surface area contributed by atoms with Gasteiger partial charge in [-0.2, -0.15) is 0 Å². The summed E-state index contributed by atoms with van der Waals surface area (Å²) in [6.07, 6.45) is 4.02. The average Bonchev–Trinajstić information content (AvgIpc) is 2.86. The Balaban J connectivity index is 2.04. The zero-order chi connectivity index (χ0) is 13.2. The second kappa shape index (κ2) is 5.10. The summed E-state index contributed by atoms with van der Waals surface area (Å²) in [5.74, 6) is 1.98. The molecule has 1 aromatic carbocycles. The normalized spacial score (nSPS) is 15.7. The fourth-order valence-corrected chi connectivity index (χ4v) is 2.76. The van der Waals surface area contributed by atoms with Gasteiger partial charge in [0.25, 0.3) is 0 Å². The third-order valence-corrected chi connectivity index (χ3v) is 3.65. The molecule has 1 N–H and O–H groups in total. The minimum Gasteiger partial charge on any atom is -0.493 e. The summed E-state index contributed by atoms with van der Waals surface area (Å²) in [5.41, 5.74) is 3.65. The zero-order valence-electron chi connectivity index (χ0n) is 11.4. The van der Waals surface area contributed by atoms with E-state index in [1.165, 1.54) is 11.1 Å². The van der Waals surface area contributed by atoms with Crippen LogP contribution in [0.4, 0.5) is 0 Å². The van der Waals surface area contributed by atoms with Crippen molar-refractivity contribution in [1.29, 1.82) is 0 Å². The summed E-state index contributed by atoms with van der Waals surface area (Å²) in [5, 5.41) is 3.36. The SMILES string of the molecule is CNC(c1coc(C)c1)c1cccc2c1OCCC2. The highest BCUT2D eigenvalue weighted by Crippen LogP contribution is 2.35. The molecule has 1 aliphatic heterocycles. The first-order chi connectivity index (χ1) is 9.29. The predicted molar refractivity (Wildman–Crippen MR) is 74.6 cm³/mol. The molecule has 100 valence electrons. The number of aryl methyl sites for hydroxylation is 2. The number of para-hydroxylation sites is 1. The van der Waals surface area contributed by atoms with E-state index in [2.05, 4.69) is 29.6 Å². The largest absolute Gasteiger partial charge is 0.493 e. The molecule has 1 aliphatic rings. The van der Waals surface area contributed by atoms with Crippen LogP contribution in [0.3, 0.4) is 0 Å². The van der Waals surface area contributed by atoms with Gasteiger partial charge in [0.1, 0.15) is 11.5 Å². The summed E-state index contributed by atoms with van der Waals surface area (Å²) in [6, 6.07) is 8.59. The van der Waals surface area contributed by atoms with Crippen LogP contribution in [-0.4, -0.2) is 13.7 Å². The Morgan fingerprint density at radius 3 is 2.95 bits per heavy atom. The lowest BCUT2D eigenvalue weighted by Crippen LogP contribution is -2.20. The number of hydrogen-bond acceptors (Lipinski definition) is 3. The van der Waals surface area contributed by atoms with Gasteiger partial charge in [0.05, 0.1) is 18.9 Å². The lowest BCUT2D eigenvalue weighted by atomic mass is 9.95. The number of rotatable bonds is 3. The van der Waals surface area contributed by atoms with Crippen molar-refractivity contribution in [1.82, 2.24) is 5.32 Å². The van der Waals surface area contributed by atoms with Gasteiger partial charge in [-0.25, -0.2) is 0 Å². The minimum absolute atomic E-state index is 0.116. The monoisotopic (exact) mass is 257 g/mol. The number of fused-ring (bicyclic) bond motifs is 1. The van der Waals surface area contributed by atoms with Gasteiger partial charge in [-0.05, 0) is 38.4 Å². The zero-order valence-corrected chi connectivity index (χ0v) is 11.4. The van der Waals surface area contributed by atoms with Gasteiger partial charge >= 0.3 is 0 Å². The Kier molecular flexibility index (Phi) is 3.30. The Labute approximate surface area is 113 Å². The van der Waals surface area contributed by atoms with E-state index in [0.29, 0.717) is 0 Å². The van der Waals surface area contributed by atoms with Crippen LogP contribution in [0.25, 0.3) is 0 Å². The van der Waals surface area contributed by atoms with Crippen LogP contribution in [0.15, 0.2) is 34.9 Å². The van der Waals surface area contributed by atoms with Crippen LogP contribution < -0.4 is 10.1 Å². The molecule has 0 bridgehead atoms. The molecular formula is C16H19NO2. The highest BCUT2D eigenvalue weighted by molar-refractivity contribution is 5.47. The fraction of sp³-hybridized carbons (Fsp3) is 0.375. The van der Waals surface area contributed by atoms with E-state index in [0.717, 1.165) is 36.5 Å². The molecule has 0 saturated heterocycles. The molecular weight excluding hydrogens is 238 g/mol. The molecule has 2 aromatic rings. The predicted octanol–water partition coefficient (Wildman–Crippen LogP) is 3.22. The number of nitrogens with one attached hydrogen (secondary N) is 1. The molecule has 3 rings (SSSR count). The van der Waals surface area contributed by atoms with Crippen molar-refractivity contribution in [3.63, 3.8) is 0 Å². The minimum atomic E-state index is 0.116. The molecule has 0 saturated carbocycles. The Morgan fingerprint density at radius 1 is 1.32 bits per heavy atom. The van der Waals surface area contributed by atoms with E-state index >= 15 is 0 Å². The molecule has 1 aromatic heterocycles. The van der Waals surface area contributed by atoms with Gasteiger partial charge in [-0.1, -0.05) is 18.2 Å². The van der Waals surface area contributed by atoms with Crippen molar-refractivity contribution < 1.29 is 9.15 Å². The molecule has 3 heteroatoms. The summed E-state index contributed by atoms with van der Waals surface area (Å²) < 4.78 is 11.3. The number of furan rings is 1. The third-order valence-electron chi connectivity index (χ3n) is 3.65. The fourth-order valence-electron chi connectivity index (χ4n) is 2.76. The Bertz CT molecular complexity index is 574. The first-order valence-electron chi connectivity index (χ1n) is 6.76. The van der Waals surface area contributed by atoms with E-state index < -0.39 is 0 Å². The van der Waals surface area contributed by atoms with Crippen LogP contribution in [0.1, 0.15) is 34.9 Å².